The molecule has 0 atom stereocenters. The minimum absolute atomic E-state index is 0.00712. The Morgan fingerprint density at radius 3 is 2.39 bits per heavy atom. The molecule has 0 unspecified atom stereocenters. The second-order valence-corrected chi connectivity index (χ2v) is 5.37. The molecule has 0 spiro atoms. The second kappa shape index (κ2) is 8.18. The molecule has 8 nitrogen and oxygen atoms in total. The maximum atomic E-state index is 11.7. The highest BCUT2D eigenvalue weighted by Gasteiger charge is 2.08. The average molecular weight is 335 g/mol. The number of nitrogens with zero attached hydrogens (tertiary/aromatic N) is 3. The number of hydrogen-bond donors (Lipinski definition) is 2. The molecular weight excluding hydrogens is 318 g/mol. The minimum Gasteiger partial charge on any atom is -0.494 e. The Balaban J connectivity index is 1.78. The van der Waals surface area contributed by atoms with E-state index in [2.05, 4.69) is 15.0 Å². The first-order valence-electron chi connectivity index (χ1n) is 6.84. The van der Waals surface area contributed by atoms with Gasteiger partial charge in [-0.05, 0) is 31.2 Å². The van der Waals surface area contributed by atoms with E-state index < -0.39 is 0 Å². The average Bonchev–Trinajstić information content (AvgIpc) is 2.52. The number of nitrogens with two attached hydrogens (primary N) is 2. The molecule has 0 saturated carbocycles. The molecule has 0 aliphatic rings. The van der Waals surface area contributed by atoms with Crippen molar-refractivity contribution < 1.29 is 14.3 Å². The van der Waals surface area contributed by atoms with Crippen LogP contribution in [0.15, 0.2) is 29.2 Å². The summed E-state index contributed by atoms with van der Waals surface area (Å²) in [5.41, 5.74) is 10.9. The van der Waals surface area contributed by atoms with Gasteiger partial charge in [-0.2, -0.15) is 15.0 Å². The first kappa shape index (κ1) is 16.8. The first-order valence-corrected chi connectivity index (χ1v) is 7.82. The summed E-state index contributed by atoms with van der Waals surface area (Å²) in [5, 5.41) is 0. The van der Waals surface area contributed by atoms with Crippen molar-refractivity contribution in [3.05, 3.63) is 30.1 Å². The molecule has 122 valence electrons. The number of nitrogen functional groups attached to an aromatic ring is 2. The van der Waals surface area contributed by atoms with Gasteiger partial charge in [0, 0.05) is 4.90 Å². The van der Waals surface area contributed by atoms with Crippen LogP contribution < -0.4 is 16.2 Å². The van der Waals surface area contributed by atoms with Gasteiger partial charge >= 0.3 is 5.97 Å². The van der Waals surface area contributed by atoms with Gasteiger partial charge in [-0.25, -0.2) is 0 Å². The van der Waals surface area contributed by atoms with Crippen LogP contribution in [0.3, 0.4) is 0 Å². The van der Waals surface area contributed by atoms with E-state index in [9.17, 15) is 4.79 Å². The zero-order valence-electron chi connectivity index (χ0n) is 12.6. The van der Waals surface area contributed by atoms with Gasteiger partial charge in [-0.15, -0.1) is 11.8 Å². The largest absolute Gasteiger partial charge is 0.494 e. The number of aromatic nitrogens is 3. The predicted octanol–water partition coefficient (Wildman–Crippen LogP) is 1.27. The van der Waals surface area contributed by atoms with Crippen molar-refractivity contribution >= 4 is 29.6 Å². The van der Waals surface area contributed by atoms with E-state index in [1.165, 1.54) is 11.8 Å². The summed E-state index contributed by atoms with van der Waals surface area (Å²) < 4.78 is 10.4. The van der Waals surface area contributed by atoms with E-state index in [1.54, 1.807) is 0 Å². The minimum atomic E-state index is -0.388. The molecule has 0 amide bonds. The molecule has 0 bridgehead atoms. The monoisotopic (exact) mass is 335 g/mol. The Morgan fingerprint density at radius 1 is 1.13 bits per heavy atom. The molecule has 0 aliphatic carbocycles. The third-order valence-electron chi connectivity index (χ3n) is 2.57. The number of thioether (sulfide) groups is 1. The van der Waals surface area contributed by atoms with Gasteiger partial charge in [0.15, 0.2) is 12.4 Å². The molecule has 0 aliphatic heterocycles. The lowest BCUT2D eigenvalue weighted by atomic mass is 10.3. The van der Waals surface area contributed by atoms with Gasteiger partial charge in [0.1, 0.15) is 5.75 Å². The van der Waals surface area contributed by atoms with Crippen molar-refractivity contribution in [1.29, 1.82) is 0 Å². The number of rotatable bonds is 7. The van der Waals surface area contributed by atoms with Gasteiger partial charge in [0.05, 0.1) is 12.4 Å². The Hall–Kier alpha value is -2.55. The standard InChI is InChI=1S/C14H17N5O3S/c1-2-21-9-3-5-10(6-4-9)23-8-12(20)22-7-11-17-13(15)19-14(16)18-11/h3-6H,2,7-8H2,1H3,(H4,15,16,17,18,19). The number of carbonyl (C=O) groups excluding carboxylic acids is 1. The number of carbonyl (C=O) groups is 1. The SMILES string of the molecule is CCOc1ccc(SCC(=O)OCc2nc(N)nc(N)n2)cc1. The van der Waals surface area contributed by atoms with Crippen molar-refractivity contribution in [2.24, 2.45) is 0 Å². The van der Waals surface area contributed by atoms with Crippen LogP contribution in [-0.2, 0) is 16.1 Å². The Labute approximate surface area is 137 Å². The van der Waals surface area contributed by atoms with Gasteiger partial charge in [-0.1, -0.05) is 0 Å². The molecule has 2 rings (SSSR count). The fourth-order valence-corrected chi connectivity index (χ4v) is 2.35. The van der Waals surface area contributed by atoms with Crippen molar-refractivity contribution in [2.75, 3.05) is 23.8 Å². The van der Waals surface area contributed by atoms with E-state index in [-0.39, 0.29) is 36.1 Å². The topological polar surface area (TPSA) is 126 Å². The molecule has 2 aromatic rings. The van der Waals surface area contributed by atoms with Crippen molar-refractivity contribution in [1.82, 2.24) is 15.0 Å². The normalized spacial score (nSPS) is 10.3. The summed E-state index contributed by atoms with van der Waals surface area (Å²) in [5.74, 6) is 0.782. The summed E-state index contributed by atoms with van der Waals surface area (Å²) in [6.07, 6.45) is 0. The molecule has 1 heterocycles. The van der Waals surface area contributed by atoms with Crippen molar-refractivity contribution in [3.8, 4) is 5.75 Å². The van der Waals surface area contributed by atoms with Crippen LogP contribution >= 0.6 is 11.8 Å². The molecule has 0 saturated heterocycles. The van der Waals surface area contributed by atoms with Crippen LogP contribution in [0.1, 0.15) is 12.7 Å². The van der Waals surface area contributed by atoms with Gasteiger partial charge in [-0.3, -0.25) is 4.79 Å². The third-order valence-corrected chi connectivity index (χ3v) is 3.56. The van der Waals surface area contributed by atoms with Crippen LogP contribution in [0.4, 0.5) is 11.9 Å². The summed E-state index contributed by atoms with van der Waals surface area (Å²) in [6.45, 7) is 2.44. The van der Waals surface area contributed by atoms with Crippen LogP contribution in [-0.4, -0.2) is 33.3 Å². The summed E-state index contributed by atoms with van der Waals surface area (Å²) in [4.78, 5) is 24.0. The maximum absolute atomic E-state index is 11.7. The molecule has 23 heavy (non-hydrogen) atoms. The van der Waals surface area contributed by atoms with Crippen LogP contribution in [0.25, 0.3) is 0 Å². The highest BCUT2D eigenvalue weighted by Crippen LogP contribution is 2.21. The number of ether oxygens (including phenoxy) is 2. The summed E-state index contributed by atoms with van der Waals surface area (Å²) in [6, 6.07) is 7.48. The highest BCUT2D eigenvalue weighted by molar-refractivity contribution is 8.00. The fraction of sp³-hybridized carbons (Fsp3) is 0.286. The van der Waals surface area contributed by atoms with Crippen LogP contribution in [0, 0.1) is 0 Å². The number of anilines is 2. The van der Waals surface area contributed by atoms with E-state index in [0.29, 0.717) is 6.61 Å². The van der Waals surface area contributed by atoms with Crippen molar-refractivity contribution in [2.45, 2.75) is 18.4 Å². The number of hydrogen-bond acceptors (Lipinski definition) is 9. The lowest BCUT2D eigenvalue weighted by Gasteiger charge is -2.06. The molecule has 0 radical (unpaired) electrons. The van der Waals surface area contributed by atoms with Crippen LogP contribution in [0.2, 0.25) is 0 Å². The molecule has 1 aromatic heterocycles. The zero-order valence-corrected chi connectivity index (χ0v) is 13.4. The maximum Gasteiger partial charge on any atom is 0.316 e. The molecule has 9 heteroatoms. The third kappa shape index (κ3) is 5.62. The lowest BCUT2D eigenvalue weighted by molar-refractivity contribution is -0.141. The summed E-state index contributed by atoms with van der Waals surface area (Å²) >= 11 is 1.36. The Bertz CT molecular complexity index is 646. The van der Waals surface area contributed by atoms with E-state index in [4.69, 9.17) is 20.9 Å². The van der Waals surface area contributed by atoms with E-state index in [1.807, 2.05) is 31.2 Å². The predicted molar refractivity (Wildman–Crippen MR) is 86.8 cm³/mol. The number of esters is 1. The Morgan fingerprint density at radius 2 is 1.78 bits per heavy atom. The smallest absolute Gasteiger partial charge is 0.316 e. The summed E-state index contributed by atoms with van der Waals surface area (Å²) in [7, 11) is 0. The molecule has 0 fully saturated rings. The van der Waals surface area contributed by atoms with Gasteiger partial charge < -0.3 is 20.9 Å². The van der Waals surface area contributed by atoms with Crippen molar-refractivity contribution in [3.63, 3.8) is 0 Å². The van der Waals surface area contributed by atoms with Gasteiger partial charge in [0.25, 0.3) is 0 Å². The van der Waals surface area contributed by atoms with Gasteiger partial charge in [0.2, 0.25) is 11.9 Å². The quantitative estimate of drug-likeness (QED) is 0.568. The molecular formula is C14H17N5O3S. The van der Waals surface area contributed by atoms with E-state index >= 15 is 0 Å². The van der Waals surface area contributed by atoms with E-state index in [0.717, 1.165) is 10.6 Å². The number of benzene rings is 1. The fourth-order valence-electron chi connectivity index (χ4n) is 1.65. The second-order valence-electron chi connectivity index (χ2n) is 4.32. The highest BCUT2D eigenvalue weighted by atomic mass is 32.2. The molecule has 1 aromatic carbocycles. The zero-order chi connectivity index (χ0) is 16.7. The first-order chi connectivity index (χ1) is 11.1. The molecule has 4 N–H and O–H groups in total. The lowest BCUT2D eigenvalue weighted by Crippen LogP contribution is -2.12. The van der Waals surface area contributed by atoms with Crippen LogP contribution in [0.5, 0.6) is 5.75 Å². The Kier molecular flexibility index (Phi) is 5.98.